The summed E-state index contributed by atoms with van der Waals surface area (Å²) in [6.45, 7) is 0.695. The van der Waals surface area contributed by atoms with Gasteiger partial charge >= 0.3 is 0 Å². The molecular formula is C7H9F3. The molecule has 0 heterocycles. The molecule has 0 spiro atoms. The normalized spacial score (nSPS) is 14.0. The Morgan fingerprint density at radius 1 is 1.50 bits per heavy atom. The van der Waals surface area contributed by atoms with Crippen molar-refractivity contribution >= 4 is 0 Å². The number of halogens is 3. The Labute approximate surface area is 58.0 Å². The molecule has 0 bridgehead atoms. The number of rotatable bonds is 3. The van der Waals surface area contributed by atoms with Gasteiger partial charge in [-0.1, -0.05) is 6.92 Å². The Balaban J connectivity index is 4.16. The van der Waals surface area contributed by atoms with E-state index < -0.39 is 12.5 Å². The van der Waals surface area contributed by atoms with Gasteiger partial charge in [-0.25, -0.2) is 13.2 Å². The van der Waals surface area contributed by atoms with E-state index in [9.17, 15) is 13.2 Å². The lowest BCUT2D eigenvalue weighted by Crippen LogP contribution is -1.81. The second kappa shape index (κ2) is 5.09. The molecule has 0 radical (unpaired) electrons. The van der Waals surface area contributed by atoms with Gasteiger partial charge in [0, 0.05) is 5.57 Å². The van der Waals surface area contributed by atoms with Gasteiger partial charge in [-0.3, -0.25) is 0 Å². The summed E-state index contributed by atoms with van der Waals surface area (Å²) in [5.41, 5.74) is -0.0994. The van der Waals surface area contributed by atoms with E-state index in [2.05, 4.69) is 0 Å². The fourth-order valence-electron chi connectivity index (χ4n) is 0.497. The summed E-state index contributed by atoms with van der Waals surface area (Å²) in [6.07, 6.45) is 1.09. The second-order valence-corrected chi connectivity index (χ2v) is 1.69. The highest BCUT2D eigenvalue weighted by atomic mass is 19.1. The van der Waals surface area contributed by atoms with Crippen LogP contribution in [0.1, 0.15) is 13.3 Å². The molecule has 0 aliphatic heterocycles. The maximum atomic E-state index is 12.4. The molecule has 0 N–H and O–H groups in total. The van der Waals surface area contributed by atoms with E-state index in [4.69, 9.17) is 0 Å². The molecule has 0 saturated carbocycles. The molecule has 0 aromatic carbocycles. The van der Waals surface area contributed by atoms with Crippen LogP contribution in [0.15, 0.2) is 23.8 Å². The van der Waals surface area contributed by atoms with E-state index in [1.165, 1.54) is 0 Å². The summed E-state index contributed by atoms with van der Waals surface area (Å²) in [5, 5.41) is 0. The Kier molecular flexibility index (Phi) is 4.72. The van der Waals surface area contributed by atoms with E-state index >= 15 is 0 Å². The molecule has 0 aliphatic rings. The van der Waals surface area contributed by atoms with Gasteiger partial charge in [0.15, 0.2) is 0 Å². The Hall–Kier alpha value is -0.730. The van der Waals surface area contributed by atoms with Crippen LogP contribution in [0, 0.1) is 0 Å². The summed E-state index contributed by atoms with van der Waals surface area (Å²) >= 11 is 0. The van der Waals surface area contributed by atoms with Crippen molar-refractivity contribution in [2.45, 2.75) is 13.3 Å². The molecule has 0 amide bonds. The predicted octanol–water partition coefficient (Wildman–Crippen LogP) is 3.07. The topological polar surface area (TPSA) is 0 Å². The molecule has 0 unspecified atom stereocenters. The lowest BCUT2D eigenvalue weighted by Gasteiger charge is -1.95. The molecule has 0 atom stereocenters. The van der Waals surface area contributed by atoms with Crippen molar-refractivity contribution in [3.63, 3.8) is 0 Å². The van der Waals surface area contributed by atoms with Crippen molar-refractivity contribution < 1.29 is 13.2 Å². The van der Waals surface area contributed by atoms with Crippen molar-refractivity contribution in [2.24, 2.45) is 0 Å². The summed E-state index contributed by atoms with van der Waals surface area (Å²) in [7, 11) is 0. The van der Waals surface area contributed by atoms with E-state index in [-0.39, 0.29) is 18.3 Å². The number of allylic oxidation sites excluding steroid dienone is 3. The summed E-state index contributed by atoms with van der Waals surface area (Å²) in [4.78, 5) is 0. The first-order valence-corrected chi connectivity index (χ1v) is 2.97. The molecule has 0 fully saturated rings. The van der Waals surface area contributed by atoms with Gasteiger partial charge in [0.2, 0.25) is 0 Å². The third kappa shape index (κ3) is 2.71. The van der Waals surface area contributed by atoms with Crippen LogP contribution in [0.4, 0.5) is 13.2 Å². The average molecular weight is 150 g/mol. The highest BCUT2D eigenvalue weighted by Crippen LogP contribution is 2.14. The first-order chi connectivity index (χ1) is 4.76. The van der Waals surface area contributed by atoms with Crippen LogP contribution >= 0.6 is 0 Å². The maximum Gasteiger partial charge on any atom is 0.127 e. The first kappa shape index (κ1) is 9.27. The third-order valence-electron chi connectivity index (χ3n) is 1.08. The van der Waals surface area contributed by atoms with Crippen LogP contribution in [0.3, 0.4) is 0 Å². The Bertz CT molecular complexity index is 147. The second-order valence-electron chi connectivity index (χ2n) is 1.69. The minimum atomic E-state index is -0.900. The van der Waals surface area contributed by atoms with Crippen LogP contribution < -0.4 is 0 Å². The lowest BCUT2D eigenvalue weighted by atomic mass is 10.2. The van der Waals surface area contributed by atoms with Gasteiger partial charge in [-0.05, 0) is 12.5 Å². The van der Waals surface area contributed by atoms with Crippen LogP contribution in [0.5, 0.6) is 0 Å². The van der Waals surface area contributed by atoms with Crippen LogP contribution in [0.2, 0.25) is 0 Å². The molecule has 58 valence electrons. The monoisotopic (exact) mass is 150 g/mol. The van der Waals surface area contributed by atoms with Crippen molar-refractivity contribution in [2.75, 3.05) is 6.67 Å². The average Bonchev–Trinajstić information content (AvgIpc) is 1.91. The fraction of sp³-hybridized carbons (Fsp3) is 0.429. The highest BCUT2D eigenvalue weighted by molar-refractivity contribution is 5.22. The van der Waals surface area contributed by atoms with Crippen molar-refractivity contribution in [3.05, 3.63) is 23.8 Å². The predicted molar refractivity (Wildman–Crippen MR) is 34.6 cm³/mol. The largest absolute Gasteiger partial charge is 0.246 e. The van der Waals surface area contributed by atoms with Gasteiger partial charge in [0.1, 0.15) is 12.5 Å². The smallest absolute Gasteiger partial charge is 0.127 e. The maximum absolute atomic E-state index is 12.4. The van der Waals surface area contributed by atoms with E-state index in [1.807, 2.05) is 0 Å². The summed E-state index contributed by atoms with van der Waals surface area (Å²) < 4.78 is 35.5. The summed E-state index contributed by atoms with van der Waals surface area (Å²) in [5.74, 6) is -0.812. The number of hydrogen-bond acceptors (Lipinski definition) is 0. The van der Waals surface area contributed by atoms with E-state index in [0.29, 0.717) is 6.08 Å². The minimum absolute atomic E-state index is 0.0994. The van der Waals surface area contributed by atoms with Crippen molar-refractivity contribution in [3.8, 4) is 0 Å². The third-order valence-corrected chi connectivity index (χ3v) is 1.08. The Morgan fingerprint density at radius 3 is 2.40 bits per heavy atom. The SMILES string of the molecule is CCC(=C\F)/C(F)=C\CF. The van der Waals surface area contributed by atoms with Crippen LogP contribution in [-0.4, -0.2) is 6.67 Å². The Morgan fingerprint density at radius 2 is 2.10 bits per heavy atom. The molecule has 0 aliphatic carbocycles. The molecule has 0 aromatic rings. The quantitative estimate of drug-likeness (QED) is 0.542. The zero-order valence-electron chi connectivity index (χ0n) is 5.70. The molecule has 0 saturated heterocycles. The molecule has 3 heteroatoms. The van der Waals surface area contributed by atoms with Gasteiger partial charge in [-0.15, -0.1) is 0 Å². The van der Waals surface area contributed by atoms with E-state index in [0.717, 1.165) is 0 Å². The fourth-order valence-corrected chi connectivity index (χ4v) is 0.497. The van der Waals surface area contributed by atoms with Crippen LogP contribution in [0.25, 0.3) is 0 Å². The van der Waals surface area contributed by atoms with Crippen molar-refractivity contribution in [1.82, 2.24) is 0 Å². The molecule has 0 aromatic heterocycles. The van der Waals surface area contributed by atoms with Crippen LogP contribution in [-0.2, 0) is 0 Å². The standard InChI is InChI=1S/C7H9F3/c1-2-6(5-9)7(10)3-4-8/h3,5H,2,4H2,1H3/b6-5+,7-3+. The van der Waals surface area contributed by atoms with Gasteiger partial charge in [0.25, 0.3) is 0 Å². The van der Waals surface area contributed by atoms with Crippen molar-refractivity contribution in [1.29, 1.82) is 0 Å². The first-order valence-electron chi connectivity index (χ1n) is 2.97. The molecule has 10 heavy (non-hydrogen) atoms. The minimum Gasteiger partial charge on any atom is -0.246 e. The number of hydrogen-bond donors (Lipinski definition) is 0. The summed E-state index contributed by atoms with van der Waals surface area (Å²) in [6, 6.07) is 0. The molecular weight excluding hydrogens is 141 g/mol. The van der Waals surface area contributed by atoms with E-state index in [1.54, 1.807) is 6.92 Å². The zero-order valence-corrected chi connectivity index (χ0v) is 5.70. The number of alkyl halides is 1. The lowest BCUT2D eigenvalue weighted by molar-refractivity contribution is 0.542. The highest BCUT2D eigenvalue weighted by Gasteiger charge is 1.99. The molecule has 0 nitrogen and oxygen atoms in total. The van der Waals surface area contributed by atoms with Gasteiger partial charge in [-0.2, -0.15) is 0 Å². The molecule has 0 rings (SSSR count). The van der Waals surface area contributed by atoms with Gasteiger partial charge in [0.05, 0.1) is 6.33 Å². The van der Waals surface area contributed by atoms with Gasteiger partial charge < -0.3 is 0 Å². The zero-order chi connectivity index (χ0) is 7.98.